The molecule has 0 aromatic heterocycles. The molecular formula is C15H23BrN2O. The lowest BCUT2D eigenvalue weighted by molar-refractivity contribution is 0.127. The minimum Gasteiger partial charge on any atom is -0.496 e. The predicted octanol–water partition coefficient (Wildman–Crippen LogP) is 2.98. The third-order valence-electron chi connectivity index (χ3n) is 3.85. The van der Waals surface area contributed by atoms with Crippen molar-refractivity contribution >= 4 is 15.9 Å². The molecule has 1 fully saturated rings. The maximum absolute atomic E-state index is 5.46. The van der Waals surface area contributed by atoms with Crippen molar-refractivity contribution in [3.63, 3.8) is 0 Å². The van der Waals surface area contributed by atoms with E-state index in [4.69, 9.17) is 4.74 Å². The number of benzene rings is 1. The molecule has 19 heavy (non-hydrogen) atoms. The van der Waals surface area contributed by atoms with Crippen LogP contribution in [0.15, 0.2) is 22.7 Å². The summed E-state index contributed by atoms with van der Waals surface area (Å²) >= 11 is 3.54. The number of nitrogens with zero attached hydrogens (tertiary/aromatic N) is 2. The molecule has 0 spiro atoms. The molecule has 1 aromatic carbocycles. The van der Waals surface area contributed by atoms with Crippen LogP contribution in [-0.4, -0.2) is 50.1 Å². The van der Waals surface area contributed by atoms with Crippen molar-refractivity contribution in [1.29, 1.82) is 0 Å². The lowest BCUT2D eigenvalue weighted by atomic mass is 10.0. The van der Waals surface area contributed by atoms with Gasteiger partial charge in [-0.1, -0.05) is 15.9 Å². The van der Waals surface area contributed by atoms with Gasteiger partial charge in [0.15, 0.2) is 0 Å². The normalized spacial score (nSPS) is 20.8. The first-order valence-corrected chi connectivity index (χ1v) is 7.60. The standard InChI is InChI=1S/C15H23BrN2O/c1-17(2)14-5-4-8-18(11-14)10-12-9-13(16)6-7-15(12)19-3/h6-7,9,14H,4-5,8,10-11H2,1-3H3. The molecule has 1 aromatic rings. The highest BCUT2D eigenvalue weighted by Gasteiger charge is 2.22. The van der Waals surface area contributed by atoms with E-state index in [2.05, 4.69) is 45.9 Å². The first-order chi connectivity index (χ1) is 9.10. The Balaban J connectivity index is 2.06. The van der Waals surface area contributed by atoms with Gasteiger partial charge in [-0.15, -0.1) is 0 Å². The third kappa shape index (κ3) is 3.94. The SMILES string of the molecule is COc1ccc(Br)cc1CN1CCCC(N(C)C)C1. The molecule has 0 bridgehead atoms. The summed E-state index contributed by atoms with van der Waals surface area (Å²) in [5.41, 5.74) is 1.26. The molecule has 1 atom stereocenters. The highest BCUT2D eigenvalue weighted by molar-refractivity contribution is 9.10. The molecule has 0 saturated carbocycles. The molecular weight excluding hydrogens is 304 g/mol. The van der Waals surface area contributed by atoms with Crippen molar-refractivity contribution in [2.75, 3.05) is 34.3 Å². The van der Waals surface area contributed by atoms with E-state index in [1.165, 1.54) is 24.9 Å². The highest BCUT2D eigenvalue weighted by atomic mass is 79.9. The summed E-state index contributed by atoms with van der Waals surface area (Å²) in [5, 5.41) is 0. The summed E-state index contributed by atoms with van der Waals surface area (Å²) in [6.45, 7) is 3.29. The van der Waals surface area contributed by atoms with E-state index in [9.17, 15) is 0 Å². The van der Waals surface area contributed by atoms with Gasteiger partial charge >= 0.3 is 0 Å². The molecule has 0 N–H and O–H groups in total. The second-order valence-electron chi connectivity index (χ2n) is 5.45. The monoisotopic (exact) mass is 326 g/mol. The zero-order chi connectivity index (χ0) is 13.8. The van der Waals surface area contributed by atoms with Gasteiger partial charge in [0.2, 0.25) is 0 Å². The van der Waals surface area contributed by atoms with Crippen LogP contribution in [0.3, 0.4) is 0 Å². The molecule has 1 saturated heterocycles. The number of rotatable bonds is 4. The number of methoxy groups -OCH3 is 1. The van der Waals surface area contributed by atoms with E-state index in [1.807, 2.05) is 12.1 Å². The highest BCUT2D eigenvalue weighted by Crippen LogP contribution is 2.25. The molecule has 0 radical (unpaired) electrons. The molecule has 0 aliphatic carbocycles. The summed E-state index contributed by atoms with van der Waals surface area (Å²) in [6.07, 6.45) is 2.58. The predicted molar refractivity (Wildman–Crippen MR) is 82.7 cm³/mol. The zero-order valence-corrected chi connectivity index (χ0v) is 13.6. The third-order valence-corrected chi connectivity index (χ3v) is 4.34. The van der Waals surface area contributed by atoms with Crippen LogP contribution in [0.1, 0.15) is 18.4 Å². The first kappa shape index (κ1) is 14.8. The molecule has 4 heteroatoms. The Hall–Kier alpha value is -0.580. The van der Waals surface area contributed by atoms with E-state index >= 15 is 0 Å². The van der Waals surface area contributed by atoms with Gasteiger partial charge in [0.25, 0.3) is 0 Å². The number of likely N-dealkylation sites (N-methyl/N-ethyl adjacent to an activating group) is 1. The maximum atomic E-state index is 5.46. The van der Waals surface area contributed by atoms with E-state index in [-0.39, 0.29) is 0 Å². The van der Waals surface area contributed by atoms with E-state index in [1.54, 1.807) is 7.11 Å². The van der Waals surface area contributed by atoms with Crippen LogP contribution in [0.25, 0.3) is 0 Å². The number of likely N-dealkylation sites (tertiary alicyclic amines) is 1. The Labute approximate surface area is 124 Å². The second kappa shape index (κ2) is 6.73. The average Bonchev–Trinajstić information content (AvgIpc) is 2.39. The minimum atomic E-state index is 0.673. The Bertz CT molecular complexity index is 423. The first-order valence-electron chi connectivity index (χ1n) is 6.81. The average molecular weight is 327 g/mol. The van der Waals surface area contributed by atoms with Gasteiger partial charge in [0, 0.05) is 29.2 Å². The Morgan fingerprint density at radius 2 is 2.21 bits per heavy atom. The van der Waals surface area contributed by atoms with Crippen molar-refractivity contribution in [3.05, 3.63) is 28.2 Å². The van der Waals surface area contributed by atoms with Crippen molar-refractivity contribution in [3.8, 4) is 5.75 Å². The van der Waals surface area contributed by atoms with E-state index in [0.717, 1.165) is 23.3 Å². The Morgan fingerprint density at radius 1 is 1.42 bits per heavy atom. The van der Waals surface area contributed by atoms with Gasteiger partial charge in [0.1, 0.15) is 5.75 Å². The lowest BCUT2D eigenvalue weighted by Crippen LogP contribution is -2.44. The number of halogens is 1. The van der Waals surface area contributed by atoms with Crippen LogP contribution in [0.4, 0.5) is 0 Å². The lowest BCUT2D eigenvalue weighted by Gasteiger charge is -2.36. The largest absolute Gasteiger partial charge is 0.496 e. The minimum absolute atomic E-state index is 0.673. The second-order valence-corrected chi connectivity index (χ2v) is 6.37. The molecule has 0 amide bonds. The maximum Gasteiger partial charge on any atom is 0.123 e. The molecule has 1 aliphatic heterocycles. The van der Waals surface area contributed by atoms with Gasteiger partial charge in [-0.25, -0.2) is 0 Å². The summed E-state index contributed by atoms with van der Waals surface area (Å²) in [5.74, 6) is 0.982. The van der Waals surface area contributed by atoms with Gasteiger partial charge in [-0.05, 0) is 51.7 Å². The Morgan fingerprint density at radius 3 is 2.89 bits per heavy atom. The van der Waals surface area contributed by atoms with Gasteiger partial charge in [-0.2, -0.15) is 0 Å². The topological polar surface area (TPSA) is 15.7 Å². The zero-order valence-electron chi connectivity index (χ0n) is 12.0. The number of hydrogen-bond acceptors (Lipinski definition) is 3. The Kier molecular flexibility index (Phi) is 5.25. The molecule has 1 aliphatic rings. The van der Waals surface area contributed by atoms with Crippen LogP contribution in [-0.2, 0) is 6.54 Å². The molecule has 106 valence electrons. The fourth-order valence-corrected chi connectivity index (χ4v) is 3.12. The van der Waals surface area contributed by atoms with Crippen LogP contribution in [0, 0.1) is 0 Å². The molecule has 1 heterocycles. The molecule has 1 unspecified atom stereocenters. The van der Waals surface area contributed by atoms with E-state index in [0.29, 0.717) is 6.04 Å². The number of hydrogen-bond donors (Lipinski definition) is 0. The van der Waals surface area contributed by atoms with Crippen molar-refractivity contribution in [2.24, 2.45) is 0 Å². The van der Waals surface area contributed by atoms with Crippen molar-refractivity contribution in [1.82, 2.24) is 9.80 Å². The summed E-state index contributed by atoms with van der Waals surface area (Å²) in [7, 11) is 6.09. The smallest absolute Gasteiger partial charge is 0.123 e. The van der Waals surface area contributed by atoms with E-state index < -0.39 is 0 Å². The van der Waals surface area contributed by atoms with Gasteiger partial charge in [-0.3, -0.25) is 4.90 Å². The van der Waals surface area contributed by atoms with Crippen LogP contribution in [0.2, 0.25) is 0 Å². The number of piperidine rings is 1. The van der Waals surface area contributed by atoms with Crippen LogP contribution >= 0.6 is 15.9 Å². The van der Waals surface area contributed by atoms with Crippen molar-refractivity contribution < 1.29 is 4.74 Å². The summed E-state index contributed by atoms with van der Waals surface area (Å²) in [6, 6.07) is 6.90. The number of ether oxygens (including phenoxy) is 1. The fraction of sp³-hybridized carbons (Fsp3) is 0.600. The van der Waals surface area contributed by atoms with Crippen molar-refractivity contribution in [2.45, 2.75) is 25.4 Å². The summed E-state index contributed by atoms with van der Waals surface area (Å²) in [4.78, 5) is 4.86. The van der Waals surface area contributed by atoms with Crippen LogP contribution in [0.5, 0.6) is 5.75 Å². The van der Waals surface area contributed by atoms with Gasteiger partial charge in [0.05, 0.1) is 7.11 Å². The fourth-order valence-electron chi connectivity index (χ4n) is 2.71. The molecule has 3 nitrogen and oxygen atoms in total. The quantitative estimate of drug-likeness (QED) is 0.846. The van der Waals surface area contributed by atoms with Gasteiger partial charge < -0.3 is 9.64 Å². The summed E-state index contributed by atoms with van der Waals surface area (Å²) < 4.78 is 6.57. The van der Waals surface area contributed by atoms with Crippen LogP contribution < -0.4 is 4.74 Å². The molecule has 2 rings (SSSR count).